The fourth-order valence-corrected chi connectivity index (χ4v) is 2.22. The van der Waals surface area contributed by atoms with E-state index >= 15 is 0 Å². The van der Waals surface area contributed by atoms with Gasteiger partial charge >= 0.3 is 0 Å². The summed E-state index contributed by atoms with van der Waals surface area (Å²) in [6.07, 6.45) is 7.07. The molecule has 1 aromatic heterocycles. The Morgan fingerprint density at radius 2 is 2.38 bits per heavy atom. The molecule has 1 aromatic rings. The van der Waals surface area contributed by atoms with Gasteiger partial charge in [-0.15, -0.1) is 11.8 Å². The Balaban J connectivity index is 2.03. The highest BCUT2D eigenvalue weighted by atomic mass is 32.2. The molecule has 0 saturated carbocycles. The van der Waals surface area contributed by atoms with E-state index in [4.69, 9.17) is 0 Å². The molecule has 1 atom stereocenters. The van der Waals surface area contributed by atoms with Gasteiger partial charge in [-0.05, 0) is 44.6 Å². The van der Waals surface area contributed by atoms with Crippen molar-refractivity contribution in [1.82, 2.24) is 15.3 Å². The van der Waals surface area contributed by atoms with Crippen LogP contribution < -0.4 is 5.32 Å². The molecule has 0 amide bonds. The van der Waals surface area contributed by atoms with E-state index in [1.807, 2.05) is 17.8 Å². The second-order valence-electron chi connectivity index (χ2n) is 3.89. The molecule has 0 aliphatic carbocycles. The molecule has 1 heterocycles. The largest absolute Gasteiger partial charge is 0.314 e. The number of nitrogens with zero attached hydrogens (tertiary/aromatic N) is 2. The number of thioether (sulfide) groups is 1. The molecule has 0 aliphatic rings. The number of hydrogen-bond acceptors (Lipinski definition) is 4. The zero-order chi connectivity index (χ0) is 11.6. The van der Waals surface area contributed by atoms with E-state index in [2.05, 4.69) is 29.1 Å². The van der Waals surface area contributed by atoms with E-state index in [0.717, 1.165) is 17.3 Å². The van der Waals surface area contributed by atoms with Gasteiger partial charge in [0.1, 0.15) is 6.33 Å². The topological polar surface area (TPSA) is 37.8 Å². The molecular weight excluding hydrogens is 218 g/mol. The summed E-state index contributed by atoms with van der Waals surface area (Å²) < 4.78 is 0. The maximum absolute atomic E-state index is 4.18. The van der Waals surface area contributed by atoms with Crippen LogP contribution in [0.25, 0.3) is 0 Å². The second-order valence-corrected chi connectivity index (χ2v) is 5.01. The first-order chi connectivity index (χ1) is 7.83. The van der Waals surface area contributed by atoms with E-state index in [-0.39, 0.29) is 0 Å². The monoisotopic (exact) mass is 239 g/mol. The average Bonchev–Trinajstić information content (AvgIpc) is 2.33. The molecule has 0 bridgehead atoms. The van der Waals surface area contributed by atoms with Crippen LogP contribution in [0.5, 0.6) is 0 Å². The van der Waals surface area contributed by atoms with Gasteiger partial charge in [0, 0.05) is 12.2 Å². The van der Waals surface area contributed by atoms with Crippen LogP contribution in [0.4, 0.5) is 0 Å². The Labute approximate surface area is 102 Å². The quantitative estimate of drug-likeness (QED) is 0.430. The zero-order valence-electron chi connectivity index (χ0n) is 10.1. The van der Waals surface area contributed by atoms with Crippen molar-refractivity contribution in [2.45, 2.75) is 44.2 Å². The molecular formula is C12H21N3S. The maximum Gasteiger partial charge on any atom is 0.116 e. The van der Waals surface area contributed by atoms with Crippen molar-refractivity contribution in [3.05, 3.63) is 18.6 Å². The number of rotatable bonds is 8. The lowest BCUT2D eigenvalue weighted by Gasteiger charge is -2.12. The minimum Gasteiger partial charge on any atom is -0.314 e. The van der Waals surface area contributed by atoms with Crippen LogP contribution in [0, 0.1) is 0 Å². The van der Waals surface area contributed by atoms with Gasteiger partial charge in [-0.1, -0.05) is 6.92 Å². The van der Waals surface area contributed by atoms with Crippen LogP contribution >= 0.6 is 11.8 Å². The zero-order valence-corrected chi connectivity index (χ0v) is 11.0. The van der Waals surface area contributed by atoms with E-state index in [1.165, 1.54) is 19.3 Å². The summed E-state index contributed by atoms with van der Waals surface area (Å²) in [5.74, 6) is 1.13. The Morgan fingerprint density at radius 1 is 1.50 bits per heavy atom. The number of aromatic nitrogens is 2. The molecule has 90 valence electrons. The lowest BCUT2D eigenvalue weighted by Crippen LogP contribution is -2.26. The van der Waals surface area contributed by atoms with E-state index in [0.29, 0.717) is 6.04 Å². The Bertz CT molecular complexity index is 266. The highest BCUT2D eigenvalue weighted by molar-refractivity contribution is 7.99. The molecule has 1 rings (SSSR count). The van der Waals surface area contributed by atoms with Crippen LogP contribution in [-0.2, 0) is 0 Å². The highest BCUT2D eigenvalue weighted by Gasteiger charge is 2.00. The van der Waals surface area contributed by atoms with Crippen LogP contribution in [0.3, 0.4) is 0 Å². The van der Waals surface area contributed by atoms with Gasteiger partial charge in [0.2, 0.25) is 0 Å². The molecule has 0 spiro atoms. The summed E-state index contributed by atoms with van der Waals surface area (Å²) in [4.78, 5) is 8.08. The predicted octanol–water partition coefficient (Wildman–Crippen LogP) is 2.74. The van der Waals surface area contributed by atoms with Crippen molar-refractivity contribution < 1.29 is 0 Å². The third kappa shape index (κ3) is 6.08. The first-order valence-electron chi connectivity index (χ1n) is 5.95. The summed E-state index contributed by atoms with van der Waals surface area (Å²) in [6.45, 7) is 5.58. The van der Waals surface area contributed by atoms with Gasteiger partial charge in [-0.2, -0.15) is 0 Å². The standard InChI is InChI=1S/C12H21N3S/c1-3-7-14-11(2)5-4-9-16-12-6-8-13-10-15-12/h6,8,10-11,14H,3-5,7,9H2,1-2H3. The van der Waals surface area contributed by atoms with E-state index < -0.39 is 0 Å². The summed E-state index contributed by atoms with van der Waals surface area (Å²) in [5, 5.41) is 4.57. The van der Waals surface area contributed by atoms with E-state index in [9.17, 15) is 0 Å². The van der Waals surface area contributed by atoms with Crippen molar-refractivity contribution >= 4 is 11.8 Å². The Kier molecular flexibility index (Phi) is 7.17. The smallest absolute Gasteiger partial charge is 0.116 e. The first kappa shape index (κ1) is 13.5. The third-order valence-corrected chi connectivity index (χ3v) is 3.36. The summed E-state index contributed by atoms with van der Waals surface area (Å²) >= 11 is 1.81. The second kappa shape index (κ2) is 8.53. The number of hydrogen-bond donors (Lipinski definition) is 1. The lowest BCUT2D eigenvalue weighted by molar-refractivity contribution is 0.510. The third-order valence-electron chi connectivity index (χ3n) is 2.33. The van der Waals surface area contributed by atoms with Crippen LogP contribution in [0.1, 0.15) is 33.1 Å². The van der Waals surface area contributed by atoms with Crippen molar-refractivity contribution in [3.8, 4) is 0 Å². The lowest BCUT2D eigenvalue weighted by atomic mass is 10.2. The molecule has 1 N–H and O–H groups in total. The van der Waals surface area contributed by atoms with Crippen molar-refractivity contribution in [3.63, 3.8) is 0 Å². The van der Waals surface area contributed by atoms with Gasteiger partial charge in [-0.25, -0.2) is 9.97 Å². The van der Waals surface area contributed by atoms with Crippen molar-refractivity contribution in [2.75, 3.05) is 12.3 Å². The van der Waals surface area contributed by atoms with Gasteiger partial charge < -0.3 is 5.32 Å². The fraction of sp³-hybridized carbons (Fsp3) is 0.667. The predicted molar refractivity (Wildman–Crippen MR) is 69.7 cm³/mol. The van der Waals surface area contributed by atoms with Gasteiger partial charge in [-0.3, -0.25) is 0 Å². The summed E-state index contributed by atoms with van der Waals surface area (Å²) in [7, 11) is 0. The maximum atomic E-state index is 4.18. The normalized spacial score (nSPS) is 12.6. The van der Waals surface area contributed by atoms with Gasteiger partial charge in [0.05, 0.1) is 5.03 Å². The molecule has 0 aromatic carbocycles. The SMILES string of the molecule is CCCNC(C)CCCSc1ccncn1. The molecule has 3 nitrogen and oxygen atoms in total. The van der Waals surface area contributed by atoms with Crippen molar-refractivity contribution in [2.24, 2.45) is 0 Å². The molecule has 0 saturated heterocycles. The van der Waals surface area contributed by atoms with Crippen LogP contribution in [0.15, 0.2) is 23.6 Å². The minimum absolute atomic E-state index is 0.631. The van der Waals surface area contributed by atoms with E-state index in [1.54, 1.807) is 12.5 Å². The minimum atomic E-state index is 0.631. The molecule has 0 fully saturated rings. The molecule has 16 heavy (non-hydrogen) atoms. The summed E-state index contributed by atoms with van der Waals surface area (Å²) in [5.41, 5.74) is 0. The molecule has 0 radical (unpaired) electrons. The first-order valence-corrected chi connectivity index (χ1v) is 6.93. The van der Waals surface area contributed by atoms with Gasteiger partial charge in [0.25, 0.3) is 0 Å². The van der Waals surface area contributed by atoms with Crippen LogP contribution in [-0.4, -0.2) is 28.3 Å². The molecule has 4 heteroatoms. The summed E-state index contributed by atoms with van der Waals surface area (Å²) in [6, 6.07) is 2.59. The Morgan fingerprint density at radius 3 is 3.06 bits per heavy atom. The Hall–Kier alpha value is -0.610. The molecule has 0 aliphatic heterocycles. The fourth-order valence-electron chi connectivity index (χ4n) is 1.42. The molecule has 1 unspecified atom stereocenters. The van der Waals surface area contributed by atoms with Crippen molar-refractivity contribution in [1.29, 1.82) is 0 Å². The average molecular weight is 239 g/mol. The number of nitrogens with one attached hydrogen (secondary N) is 1. The highest BCUT2D eigenvalue weighted by Crippen LogP contribution is 2.15. The van der Waals surface area contributed by atoms with Crippen LogP contribution in [0.2, 0.25) is 0 Å². The van der Waals surface area contributed by atoms with Gasteiger partial charge in [0.15, 0.2) is 0 Å².